The molecular weight excluding hydrogens is 354 g/mol. The van der Waals surface area contributed by atoms with E-state index in [1.165, 1.54) is 30.5 Å². The second-order valence-corrected chi connectivity index (χ2v) is 7.68. The summed E-state index contributed by atoms with van der Waals surface area (Å²) in [5.74, 6) is 0. The van der Waals surface area contributed by atoms with Crippen LogP contribution in [0.5, 0.6) is 0 Å². The Morgan fingerprint density at radius 2 is 2.18 bits per heavy atom. The predicted octanol–water partition coefficient (Wildman–Crippen LogP) is 2.96. The SMILES string of the molecule is O=C(NCc1n[nH]c2c1CCCCC2)N(Cc1ccccn1)CC1CCCO1. The Bertz CT molecular complexity index is 770. The Labute approximate surface area is 165 Å². The molecule has 7 heteroatoms. The molecule has 2 N–H and O–H groups in total. The van der Waals surface area contributed by atoms with Crippen LogP contribution in [0.1, 0.15) is 54.7 Å². The van der Waals surface area contributed by atoms with Crippen molar-refractivity contribution in [1.82, 2.24) is 25.4 Å². The molecule has 28 heavy (non-hydrogen) atoms. The van der Waals surface area contributed by atoms with E-state index in [9.17, 15) is 4.79 Å². The average molecular weight is 383 g/mol. The van der Waals surface area contributed by atoms with Crippen molar-refractivity contribution in [1.29, 1.82) is 0 Å². The van der Waals surface area contributed by atoms with E-state index < -0.39 is 0 Å². The van der Waals surface area contributed by atoms with E-state index in [0.717, 1.165) is 43.7 Å². The highest BCUT2D eigenvalue weighted by molar-refractivity contribution is 5.74. The number of carbonyl (C=O) groups is 1. The first-order chi connectivity index (χ1) is 13.8. The van der Waals surface area contributed by atoms with Crippen molar-refractivity contribution in [3.8, 4) is 0 Å². The van der Waals surface area contributed by atoms with Crippen LogP contribution in [0.15, 0.2) is 24.4 Å². The first-order valence-corrected chi connectivity index (χ1v) is 10.4. The maximum Gasteiger partial charge on any atom is 0.318 e. The Balaban J connectivity index is 1.40. The first-order valence-electron chi connectivity index (χ1n) is 10.4. The number of carbonyl (C=O) groups excluding carboxylic acids is 1. The van der Waals surface area contributed by atoms with E-state index in [-0.39, 0.29) is 12.1 Å². The number of H-pyrrole nitrogens is 1. The van der Waals surface area contributed by atoms with Gasteiger partial charge in [0.15, 0.2) is 0 Å². The van der Waals surface area contributed by atoms with Gasteiger partial charge in [-0.1, -0.05) is 12.5 Å². The molecule has 1 unspecified atom stereocenters. The monoisotopic (exact) mass is 383 g/mol. The summed E-state index contributed by atoms with van der Waals surface area (Å²) in [5.41, 5.74) is 4.39. The van der Waals surface area contributed by atoms with Crippen molar-refractivity contribution in [2.45, 2.75) is 64.1 Å². The molecule has 2 aromatic rings. The molecule has 0 bridgehead atoms. The van der Waals surface area contributed by atoms with Gasteiger partial charge in [0, 0.05) is 25.0 Å². The van der Waals surface area contributed by atoms with Crippen LogP contribution in [0.2, 0.25) is 0 Å². The number of hydrogen-bond acceptors (Lipinski definition) is 4. The zero-order valence-corrected chi connectivity index (χ0v) is 16.3. The minimum Gasteiger partial charge on any atom is -0.376 e. The third kappa shape index (κ3) is 4.70. The molecule has 1 saturated heterocycles. The van der Waals surface area contributed by atoms with E-state index in [0.29, 0.717) is 19.6 Å². The normalized spacial score (nSPS) is 19.1. The van der Waals surface area contributed by atoms with Crippen LogP contribution in [-0.4, -0.2) is 45.4 Å². The number of urea groups is 1. The summed E-state index contributed by atoms with van der Waals surface area (Å²) in [6, 6.07) is 5.69. The van der Waals surface area contributed by atoms with E-state index in [1.807, 2.05) is 23.1 Å². The summed E-state index contributed by atoms with van der Waals surface area (Å²) >= 11 is 0. The minimum absolute atomic E-state index is 0.0912. The number of amides is 2. The van der Waals surface area contributed by atoms with Gasteiger partial charge in [-0.3, -0.25) is 10.1 Å². The molecule has 3 heterocycles. The number of aryl methyl sites for hydroxylation is 1. The van der Waals surface area contributed by atoms with Gasteiger partial charge in [-0.25, -0.2) is 4.79 Å². The lowest BCUT2D eigenvalue weighted by Crippen LogP contribution is -2.43. The molecular formula is C21H29N5O2. The lowest BCUT2D eigenvalue weighted by atomic mass is 10.1. The van der Waals surface area contributed by atoms with Crippen molar-refractivity contribution in [3.63, 3.8) is 0 Å². The molecule has 150 valence electrons. The summed E-state index contributed by atoms with van der Waals surface area (Å²) < 4.78 is 5.75. The highest BCUT2D eigenvalue weighted by Gasteiger charge is 2.24. The number of rotatable bonds is 6. The molecule has 1 aliphatic heterocycles. The van der Waals surface area contributed by atoms with Crippen LogP contribution in [0, 0.1) is 0 Å². The van der Waals surface area contributed by atoms with Gasteiger partial charge in [0.05, 0.1) is 30.6 Å². The molecule has 1 aliphatic carbocycles. The van der Waals surface area contributed by atoms with Crippen molar-refractivity contribution in [2.24, 2.45) is 0 Å². The number of ether oxygens (including phenoxy) is 1. The zero-order chi connectivity index (χ0) is 19.2. The highest BCUT2D eigenvalue weighted by atomic mass is 16.5. The predicted molar refractivity (Wildman–Crippen MR) is 106 cm³/mol. The van der Waals surface area contributed by atoms with Gasteiger partial charge in [0.2, 0.25) is 0 Å². The van der Waals surface area contributed by atoms with E-state index in [4.69, 9.17) is 4.74 Å². The summed E-state index contributed by atoms with van der Waals surface area (Å²) in [5, 5.41) is 10.7. The van der Waals surface area contributed by atoms with Crippen molar-refractivity contribution < 1.29 is 9.53 Å². The molecule has 0 spiro atoms. The highest BCUT2D eigenvalue weighted by Crippen LogP contribution is 2.21. The Morgan fingerprint density at radius 1 is 1.25 bits per heavy atom. The molecule has 0 saturated carbocycles. The van der Waals surface area contributed by atoms with Crippen molar-refractivity contribution in [3.05, 3.63) is 47.0 Å². The Hall–Kier alpha value is -2.41. The van der Waals surface area contributed by atoms with Crippen LogP contribution in [0.4, 0.5) is 4.79 Å². The minimum atomic E-state index is -0.0912. The van der Waals surface area contributed by atoms with Crippen molar-refractivity contribution >= 4 is 6.03 Å². The maximum absolute atomic E-state index is 13.0. The number of aromatic amines is 1. The molecule has 4 rings (SSSR count). The van der Waals surface area contributed by atoms with Crippen LogP contribution in [0.25, 0.3) is 0 Å². The first kappa shape index (κ1) is 18.9. The van der Waals surface area contributed by atoms with E-state index >= 15 is 0 Å². The lowest BCUT2D eigenvalue weighted by molar-refractivity contribution is 0.0791. The summed E-state index contributed by atoms with van der Waals surface area (Å²) in [6.07, 6.45) is 9.69. The smallest absolute Gasteiger partial charge is 0.318 e. The standard InChI is InChI=1S/C21H29N5O2/c27-21(23-13-20-18-9-2-1-3-10-19(18)24-25-20)26(15-17-8-6-12-28-17)14-16-7-4-5-11-22-16/h4-5,7,11,17H,1-3,6,8-10,12-15H2,(H,23,27)(H,24,25). The number of fused-ring (bicyclic) bond motifs is 1. The van der Waals surface area contributed by atoms with Crippen LogP contribution < -0.4 is 5.32 Å². The third-order valence-electron chi connectivity index (χ3n) is 5.61. The number of pyridine rings is 1. The molecule has 0 radical (unpaired) electrons. The van der Waals surface area contributed by atoms with Gasteiger partial charge in [0.1, 0.15) is 0 Å². The fourth-order valence-electron chi connectivity index (χ4n) is 4.08. The second-order valence-electron chi connectivity index (χ2n) is 7.68. The van der Waals surface area contributed by atoms with Crippen LogP contribution in [-0.2, 0) is 30.7 Å². The number of nitrogens with zero attached hydrogens (tertiary/aromatic N) is 3. The largest absolute Gasteiger partial charge is 0.376 e. The fraction of sp³-hybridized carbons (Fsp3) is 0.571. The van der Waals surface area contributed by atoms with E-state index in [2.05, 4.69) is 20.5 Å². The van der Waals surface area contributed by atoms with Gasteiger partial charge < -0.3 is 15.0 Å². The van der Waals surface area contributed by atoms with Gasteiger partial charge in [-0.2, -0.15) is 5.10 Å². The molecule has 0 aromatic carbocycles. The second kappa shape index (κ2) is 9.19. The topological polar surface area (TPSA) is 83.1 Å². The lowest BCUT2D eigenvalue weighted by Gasteiger charge is -2.25. The van der Waals surface area contributed by atoms with Gasteiger partial charge >= 0.3 is 6.03 Å². The third-order valence-corrected chi connectivity index (χ3v) is 5.61. The average Bonchev–Trinajstić information content (AvgIpc) is 3.30. The number of hydrogen-bond donors (Lipinski definition) is 2. The van der Waals surface area contributed by atoms with Crippen LogP contribution >= 0.6 is 0 Å². The van der Waals surface area contributed by atoms with Gasteiger partial charge in [0.25, 0.3) is 0 Å². The molecule has 7 nitrogen and oxygen atoms in total. The summed E-state index contributed by atoms with van der Waals surface area (Å²) in [7, 11) is 0. The Morgan fingerprint density at radius 3 is 3.00 bits per heavy atom. The summed E-state index contributed by atoms with van der Waals surface area (Å²) in [4.78, 5) is 19.1. The van der Waals surface area contributed by atoms with Crippen LogP contribution in [0.3, 0.4) is 0 Å². The number of aromatic nitrogens is 3. The fourth-order valence-corrected chi connectivity index (χ4v) is 4.08. The Kier molecular flexibility index (Phi) is 6.21. The molecule has 1 atom stereocenters. The zero-order valence-electron chi connectivity index (χ0n) is 16.3. The molecule has 2 amide bonds. The van der Waals surface area contributed by atoms with Gasteiger partial charge in [-0.15, -0.1) is 0 Å². The maximum atomic E-state index is 13.0. The van der Waals surface area contributed by atoms with Crippen molar-refractivity contribution in [2.75, 3.05) is 13.2 Å². The molecule has 1 fully saturated rings. The van der Waals surface area contributed by atoms with E-state index in [1.54, 1.807) is 6.20 Å². The quantitative estimate of drug-likeness (QED) is 0.751. The molecule has 2 aromatic heterocycles. The van der Waals surface area contributed by atoms with Gasteiger partial charge in [-0.05, 0) is 56.2 Å². The number of nitrogens with one attached hydrogen (secondary N) is 2. The summed E-state index contributed by atoms with van der Waals surface area (Å²) in [6.45, 7) is 2.30. The molecule has 2 aliphatic rings.